The number of hydrogen-bond acceptors (Lipinski definition) is 5. The second-order valence-corrected chi connectivity index (χ2v) is 8.96. The topological polar surface area (TPSA) is 74.2 Å². The van der Waals surface area contributed by atoms with Gasteiger partial charge >= 0.3 is 0 Å². The van der Waals surface area contributed by atoms with E-state index in [-0.39, 0.29) is 11.7 Å². The van der Waals surface area contributed by atoms with Crippen molar-refractivity contribution in [1.29, 1.82) is 0 Å². The number of aliphatic imine (C=N–C) groups is 1. The number of carbonyl (C=O) groups excluding carboxylic acids is 1. The highest BCUT2D eigenvalue weighted by molar-refractivity contribution is 5.74. The summed E-state index contributed by atoms with van der Waals surface area (Å²) >= 11 is 0. The molecule has 0 amide bonds. The van der Waals surface area contributed by atoms with Gasteiger partial charge in [0.05, 0.1) is 12.4 Å². The van der Waals surface area contributed by atoms with E-state index in [1.165, 1.54) is 0 Å². The zero-order valence-electron chi connectivity index (χ0n) is 21.9. The van der Waals surface area contributed by atoms with Gasteiger partial charge in [0.2, 0.25) is 0 Å². The molecule has 188 valence electrons. The molecule has 1 aromatic carbocycles. The van der Waals surface area contributed by atoms with Gasteiger partial charge in [-0.1, -0.05) is 50.8 Å². The maximum absolute atomic E-state index is 10.6. The van der Waals surface area contributed by atoms with Gasteiger partial charge in [-0.15, -0.1) is 0 Å². The van der Waals surface area contributed by atoms with Crippen molar-refractivity contribution < 1.29 is 14.6 Å². The van der Waals surface area contributed by atoms with Gasteiger partial charge in [0.15, 0.2) is 0 Å². The summed E-state index contributed by atoms with van der Waals surface area (Å²) in [5.41, 5.74) is 1.69. The minimum atomic E-state index is -0.318. The van der Waals surface area contributed by atoms with Crippen LogP contribution in [0.1, 0.15) is 72.3 Å². The normalized spacial score (nSPS) is 18.8. The predicted molar refractivity (Wildman–Crippen MR) is 140 cm³/mol. The van der Waals surface area contributed by atoms with Crippen LogP contribution < -0.4 is 5.32 Å². The number of rotatable bonds is 9. The van der Waals surface area contributed by atoms with Crippen LogP contribution in [0.3, 0.4) is 0 Å². The van der Waals surface area contributed by atoms with Crippen LogP contribution >= 0.6 is 0 Å². The number of carbonyl (C=O) groups is 1. The number of ether oxygens (including phenoxy) is 1. The van der Waals surface area contributed by atoms with E-state index in [1.807, 2.05) is 76.9 Å². The molecule has 1 aliphatic carbocycles. The van der Waals surface area contributed by atoms with E-state index in [9.17, 15) is 9.90 Å². The maximum atomic E-state index is 10.6. The Bertz CT molecular complexity index is 663. The molecule has 0 radical (unpaired) electrons. The van der Waals surface area contributed by atoms with Crippen LogP contribution in [0.25, 0.3) is 5.70 Å². The molecule has 1 fully saturated rings. The molecule has 2 N–H and O–H groups in total. The number of aliphatic hydroxyl groups excluding tert-OH is 1. The van der Waals surface area contributed by atoms with E-state index < -0.39 is 0 Å². The summed E-state index contributed by atoms with van der Waals surface area (Å²) in [5.74, 6) is 0.417. The summed E-state index contributed by atoms with van der Waals surface area (Å²) in [4.78, 5) is 15.8. The van der Waals surface area contributed by atoms with Crippen molar-refractivity contribution in [3.63, 3.8) is 0 Å². The molecule has 1 atom stereocenters. The third-order valence-corrected chi connectivity index (χ3v) is 5.50. The van der Waals surface area contributed by atoms with E-state index in [4.69, 9.17) is 0 Å². The molecule has 0 aromatic heterocycles. The number of nitrogens with zero attached hydrogens (tertiary/aromatic N) is 2. The summed E-state index contributed by atoms with van der Waals surface area (Å²) in [6.07, 6.45) is 6.83. The molecule has 33 heavy (non-hydrogen) atoms. The van der Waals surface area contributed by atoms with Crippen LogP contribution in [-0.4, -0.2) is 61.2 Å². The molecule has 1 aliphatic rings. The minimum Gasteiger partial charge on any atom is -0.462 e. The summed E-state index contributed by atoms with van der Waals surface area (Å²) in [7, 11) is 3.79. The first kappa shape index (κ1) is 30.8. The molecular formula is C27H47N3O3. The second kappa shape index (κ2) is 17.3. The average molecular weight is 462 g/mol. The second-order valence-electron chi connectivity index (χ2n) is 8.96. The van der Waals surface area contributed by atoms with E-state index in [0.717, 1.165) is 49.9 Å². The Balaban J connectivity index is 0.000000973. The molecule has 1 unspecified atom stereocenters. The van der Waals surface area contributed by atoms with Gasteiger partial charge in [-0.05, 0) is 71.4 Å². The minimum absolute atomic E-state index is 0.251. The Morgan fingerprint density at radius 1 is 1.24 bits per heavy atom. The van der Waals surface area contributed by atoms with Gasteiger partial charge in [-0.25, -0.2) is 0 Å². The highest BCUT2D eigenvalue weighted by Crippen LogP contribution is 2.28. The third-order valence-electron chi connectivity index (χ3n) is 5.50. The van der Waals surface area contributed by atoms with Crippen LogP contribution in [-0.2, 0) is 9.53 Å². The fourth-order valence-corrected chi connectivity index (χ4v) is 3.64. The van der Waals surface area contributed by atoms with Gasteiger partial charge in [0.1, 0.15) is 5.60 Å². The molecular weight excluding hydrogens is 414 g/mol. The largest absolute Gasteiger partial charge is 0.462 e. The molecule has 1 aromatic rings. The molecule has 0 spiro atoms. The van der Waals surface area contributed by atoms with Crippen molar-refractivity contribution in [2.75, 3.05) is 20.6 Å². The lowest BCUT2D eigenvalue weighted by Gasteiger charge is -2.32. The van der Waals surface area contributed by atoms with Crippen molar-refractivity contribution in [3.05, 3.63) is 42.5 Å². The van der Waals surface area contributed by atoms with Crippen LogP contribution in [0.2, 0.25) is 0 Å². The monoisotopic (exact) mass is 461 g/mol. The highest BCUT2D eigenvalue weighted by Gasteiger charge is 2.26. The van der Waals surface area contributed by atoms with Gasteiger partial charge in [0, 0.05) is 25.3 Å². The van der Waals surface area contributed by atoms with Crippen molar-refractivity contribution in [2.24, 2.45) is 10.9 Å². The van der Waals surface area contributed by atoms with Crippen LogP contribution in [0.15, 0.2) is 41.9 Å². The number of hydrogen-bond donors (Lipinski definition) is 2. The van der Waals surface area contributed by atoms with Gasteiger partial charge in [-0.3, -0.25) is 9.79 Å². The maximum Gasteiger partial charge on any atom is 0.293 e. The number of nitrogens with one attached hydrogen (secondary N) is 1. The van der Waals surface area contributed by atoms with Gasteiger partial charge < -0.3 is 20.1 Å². The zero-order chi connectivity index (χ0) is 25.3. The lowest BCUT2D eigenvalue weighted by atomic mass is 9.82. The SMILES string of the molecule is C=C(c1ccccc1)N(C=NC)CCC(O)C1CCC(NC)CC1.CC.CC(C)(C)OC=O. The highest BCUT2D eigenvalue weighted by atomic mass is 16.5. The first-order valence-electron chi connectivity index (χ1n) is 12.1. The lowest BCUT2D eigenvalue weighted by Crippen LogP contribution is -2.35. The van der Waals surface area contributed by atoms with Crippen LogP contribution in [0.4, 0.5) is 0 Å². The standard InChI is InChI=1S/C20H31N3O.C5H10O2.C2H6/c1-16(17-7-5-4-6-8-17)23(15-21-2)14-13-20(24)18-9-11-19(22-3)12-10-18;1-5(2,3)7-4-6;1-2/h4-8,15,18-20,22,24H,1,9-14H2,2-3H3;4H,1-3H3;1-2H3. The molecule has 0 saturated heterocycles. The van der Waals surface area contributed by atoms with Crippen LogP contribution in [0, 0.1) is 5.92 Å². The molecule has 0 heterocycles. The van der Waals surface area contributed by atoms with Gasteiger partial charge in [-0.2, -0.15) is 0 Å². The summed E-state index contributed by atoms with van der Waals surface area (Å²) in [6, 6.07) is 10.7. The molecule has 2 rings (SSSR count). The van der Waals surface area contributed by atoms with E-state index in [1.54, 1.807) is 13.4 Å². The smallest absolute Gasteiger partial charge is 0.293 e. The van der Waals surface area contributed by atoms with E-state index in [2.05, 4.69) is 21.6 Å². The number of benzene rings is 1. The summed E-state index contributed by atoms with van der Waals surface area (Å²) in [5, 5.41) is 13.9. The first-order chi connectivity index (χ1) is 15.7. The molecule has 6 nitrogen and oxygen atoms in total. The molecule has 1 saturated carbocycles. The average Bonchev–Trinajstić information content (AvgIpc) is 2.82. The first-order valence-corrected chi connectivity index (χ1v) is 12.1. The molecule has 0 bridgehead atoms. The third kappa shape index (κ3) is 13.2. The molecule has 6 heteroatoms. The summed E-state index contributed by atoms with van der Waals surface area (Å²) < 4.78 is 4.55. The Kier molecular flexibility index (Phi) is 16.2. The van der Waals surface area contributed by atoms with Crippen molar-refractivity contribution >= 4 is 18.5 Å². The van der Waals surface area contributed by atoms with Crippen molar-refractivity contribution in [1.82, 2.24) is 10.2 Å². The molecule has 0 aliphatic heterocycles. The quantitative estimate of drug-likeness (QED) is 0.303. The van der Waals surface area contributed by atoms with Crippen molar-refractivity contribution in [3.8, 4) is 0 Å². The zero-order valence-corrected chi connectivity index (χ0v) is 21.9. The predicted octanol–water partition coefficient (Wildman–Crippen LogP) is 5.13. The van der Waals surface area contributed by atoms with E-state index in [0.29, 0.717) is 18.4 Å². The van der Waals surface area contributed by atoms with E-state index >= 15 is 0 Å². The van der Waals surface area contributed by atoms with Crippen molar-refractivity contribution in [2.45, 2.75) is 84.5 Å². The van der Waals surface area contributed by atoms with Gasteiger partial charge in [0.25, 0.3) is 6.47 Å². The summed E-state index contributed by atoms with van der Waals surface area (Å²) in [6.45, 7) is 14.9. The Morgan fingerprint density at radius 2 is 1.82 bits per heavy atom. The Labute approximate surface area is 202 Å². The fourth-order valence-electron chi connectivity index (χ4n) is 3.64. The lowest BCUT2D eigenvalue weighted by molar-refractivity contribution is -0.138. The Hall–Kier alpha value is -2.18. The fraction of sp³-hybridized carbons (Fsp3) is 0.630. The van der Waals surface area contributed by atoms with Crippen LogP contribution in [0.5, 0.6) is 0 Å². The number of aliphatic hydroxyl groups is 1. The Morgan fingerprint density at radius 3 is 2.24 bits per heavy atom.